The fourth-order valence-corrected chi connectivity index (χ4v) is 4.38. The van der Waals surface area contributed by atoms with Crippen LogP contribution in [0.25, 0.3) is 10.9 Å². The van der Waals surface area contributed by atoms with Crippen LogP contribution in [0.3, 0.4) is 0 Å². The number of halogens is 4. The van der Waals surface area contributed by atoms with Crippen molar-refractivity contribution in [2.24, 2.45) is 5.92 Å². The first-order valence-electron chi connectivity index (χ1n) is 10.5. The summed E-state index contributed by atoms with van der Waals surface area (Å²) in [7, 11) is 0. The monoisotopic (exact) mass is 455 g/mol. The van der Waals surface area contributed by atoms with Gasteiger partial charge in [0.2, 0.25) is 5.43 Å². The van der Waals surface area contributed by atoms with Crippen LogP contribution < -0.4 is 20.4 Å². The minimum absolute atomic E-state index is 0.0296. The highest BCUT2D eigenvalue weighted by Gasteiger charge is 2.42. The highest BCUT2D eigenvalue weighted by atomic mass is 19.1. The van der Waals surface area contributed by atoms with Gasteiger partial charge in [-0.15, -0.1) is 0 Å². The number of anilines is 1. The molecule has 2 saturated carbocycles. The molecule has 3 aliphatic rings. The summed E-state index contributed by atoms with van der Waals surface area (Å²) in [5.74, 6) is -3.31. The van der Waals surface area contributed by atoms with E-state index < -0.39 is 64.3 Å². The number of fused-ring (bicyclic) bond motifs is 1. The smallest absolute Gasteiger partial charge is 0.449 e. The summed E-state index contributed by atoms with van der Waals surface area (Å²) in [4.78, 5) is 24.8. The van der Waals surface area contributed by atoms with Gasteiger partial charge in [-0.1, -0.05) is 0 Å². The molecule has 1 saturated heterocycles. The van der Waals surface area contributed by atoms with Crippen molar-refractivity contribution in [3.8, 4) is 5.75 Å². The molecule has 7 nitrogen and oxygen atoms in total. The van der Waals surface area contributed by atoms with Crippen molar-refractivity contribution in [2.75, 3.05) is 24.5 Å². The molecule has 3 fully saturated rings. The number of aromatic nitrogens is 1. The van der Waals surface area contributed by atoms with Crippen molar-refractivity contribution in [1.82, 2.24) is 9.88 Å². The Bertz CT molecular complexity index is 1150. The summed E-state index contributed by atoms with van der Waals surface area (Å²) in [6, 6.07) is 0.305. The van der Waals surface area contributed by atoms with Crippen molar-refractivity contribution in [1.29, 1.82) is 0 Å². The molecule has 1 aromatic carbocycles. The van der Waals surface area contributed by atoms with Crippen LogP contribution >= 0.6 is 0 Å². The highest BCUT2D eigenvalue weighted by Crippen LogP contribution is 2.43. The first-order valence-corrected chi connectivity index (χ1v) is 10.5. The third-order valence-electron chi connectivity index (χ3n) is 6.31. The number of ether oxygens (including phenoxy) is 1. The molecule has 2 N–H and O–H groups in total. The molecule has 1 aliphatic heterocycles. The van der Waals surface area contributed by atoms with Crippen LogP contribution in [0.1, 0.15) is 25.3 Å². The van der Waals surface area contributed by atoms with Gasteiger partial charge in [-0.05, 0) is 18.9 Å². The molecule has 0 bridgehead atoms. The molecule has 0 unspecified atom stereocenters. The number of nitrogens with zero attached hydrogens (tertiary/aromatic N) is 2. The van der Waals surface area contributed by atoms with Gasteiger partial charge in [-0.25, -0.2) is 22.4 Å². The molecular weight excluding hydrogens is 434 g/mol. The Morgan fingerprint density at radius 3 is 2.56 bits per heavy atom. The Balaban J connectivity index is 1.57. The summed E-state index contributed by atoms with van der Waals surface area (Å²) in [5.41, 5.74) is -1.87. The maximum Gasteiger partial charge on any atom is 0.511 e. The van der Waals surface area contributed by atoms with Gasteiger partial charge in [0, 0.05) is 38.0 Å². The number of hydrogen-bond acceptors (Lipinski definition) is 5. The molecule has 0 spiro atoms. The van der Waals surface area contributed by atoms with E-state index in [-0.39, 0.29) is 25.0 Å². The normalized spacial score (nSPS) is 27.2. The van der Waals surface area contributed by atoms with Gasteiger partial charge in [0.15, 0.2) is 11.6 Å². The summed E-state index contributed by atoms with van der Waals surface area (Å²) in [6.45, 7) is 0.265. The number of pyridine rings is 1. The summed E-state index contributed by atoms with van der Waals surface area (Å²) in [5, 5.41) is 11.6. The Hall–Kier alpha value is -2.82. The Labute approximate surface area is 179 Å². The largest absolute Gasteiger partial charge is 0.511 e. The second-order valence-corrected chi connectivity index (χ2v) is 8.70. The van der Waals surface area contributed by atoms with Crippen LogP contribution in [0.2, 0.25) is 0 Å². The quantitative estimate of drug-likeness (QED) is 0.515. The number of benzene rings is 1. The van der Waals surface area contributed by atoms with Crippen LogP contribution in [0, 0.1) is 17.6 Å². The van der Waals surface area contributed by atoms with E-state index in [9.17, 15) is 18.4 Å². The van der Waals surface area contributed by atoms with Crippen molar-refractivity contribution >= 4 is 22.7 Å². The molecule has 11 heteroatoms. The summed E-state index contributed by atoms with van der Waals surface area (Å²) >= 11 is 0. The average Bonchev–Trinajstić information content (AvgIpc) is 3.63. The number of rotatable bonds is 6. The first-order chi connectivity index (χ1) is 15.2. The zero-order valence-corrected chi connectivity index (χ0v) is 16.9. The Morgan fingerprint density at radius 2 is 1.94 bits per heavy atom. The van der Waals surface area contributed by atoms with Gasteiger partial charge in [-0.3, -0.25) is 4.79 Å². The summed E-state index contributed by atoms with van der Waals surface area (Å²) in [6.07, 6.45) is -1.38. The van der Waals surface area contributed by atoms with Crippen molar-refractivity contribution in [3.05, 3.63) is 34.1 Å². The lowest BCUT2D eigenvalue weighted by atomic mass is 10.1. The van der Waals surface area contributed by atoms with E-state index in [1.807, 2.05) is 0 Å². The van der Waals surface area contributed by atoms with E-state index in [2.05, 4.69) is 10.1 Å². The Kier molecular flexibility index (Phi) is 5.03. The van der Waals surface area contributed by atoms with E-state index in [1.54, 1.807) is 0 Å². The van der Waals surface area contributed by atoms with Crippen molar-refractivity contribution in [2.45, 2.75) is 43.7 Å². The lowest BCUT2D eigenvalue weighted by Crippen LogP contribution is -2.30. The topological polar surface area (TPSA) is 83.8 Å². The molecule has 32 heavy (non-hydrogen) atoms. The third-order valence-corrected chi connectivity index (χ3v) is 6.31. The maximum atomic E-state index is 15.7. The van der Waals surface area contributed by atoms with E-state index in [4.69, 9.17) is 5.11 Å². The molecule has 1 aromatic heterocycles. The van der Waals surface area contributed by atoms with Crippen LogP contribution in [0.5, 0.6) is 5.75 Å². The molecule has 172 valence electrons. The van der Waals surface area contributed by atoms with Crippen LogP contribution in [-0.4, -0.2) is 53.8 Å². The predicted molar refractivity (Wildman–Crippen MR) is 107 cm³/mol. The average molecular weight is 455 g/mol. The van der Waals surface area contributed by atoms with E-state index >= 15 is 8.78 Å². The van der Waals surface area contributed by atoms with E-state index in [0.29, 0.717) is 12.6 Å². The van der Waals surface area contributed by atoms with Gasteiger partial charge in [0.05, 0.1) is 23.1 Å². The van der Waals surface area contributed by atoms with Crippen LogP contribution in [0.15, 0.2) is 17.1 Å². The van der Waals surface area contributed by atoms with Gasteiger partial charge >= 0.3 is 6.16 Å². The molecule has 2 aliphatic carbocycles. The van der Waals surface area contributed by atoms with Crippen molar-refractivity contribution in [3.63, 3.8) is 0 Å². The van der Waals surface area contributed by atoms with E-state index in [1.165, 1.54) is 4.90 Å². The third kappa shape index (κ3) is 3.68. The Morgan fingerprint density at radius 1 is 1.22 bits per heavy atom. The first kappa shape index (κ1) is 21.0. The second kappa shape index (κ2) is 7.65. The summed E-state index contributed by atoms with van der Waals surface area (Å²) < 4.78 is 64.6. The molecule has 5 rings (SSSR count). The van der Waals surface area contributed by atoms with Gasteiger partial charge in [0.1, 0.15) is 23.8 Å². The number of nitrogens with one attached hydrogen (secondary N) is 1. The van der Waals surface area contributed by atoms with Gasteiger partial charge in [0.25, 0.3) is 0 Å². The lowest BCUT2D eigenvalue weighted by Gasteiger charge is -2.22. The molecule has 0 amide bonds. The van der Waals surface area contributed by atoms with Crippen LogP contribution in [-0.2, 0) is 0 Å². The molecule has 2 aromatic rings. The fraction of sp³-hybridized carbons (Fsp3) is 0.524. The minimum Gasteiger partial charge on any atom is -0.449 e. The maximum absolute atomic E-state index is 15.7. The fourth-order valence-electron chi connectivity index (χ4n) is 4.38. The molecule has 0 radical (unpaired) electrons. The standard InChI is InChI=1S/C21H21F4N3O4/c22-12-4-15(12)28-8-16(32-21(30)31)20(29)11-3-13(23)19(17(25)18(11)28)27-6-9(14(24)7-27)5-26-10-1-2-10/h3,8-10,12,14-15,26H,1-2,4-7H2,(H,30,31)/t9-,12-,14+,15+/m0/s1. The predicted octanol–water partition coefficient (Wildman–Crippen LogP) is 3.15. The number of hydrogen-bond donors (Lipinski definition) is 2. The SMILES string of the molecule is O=C(O)Oc1cn([C@@H]2C[C@@H]2F)c2c(F)c(N3C[C@H](CNC4CC4)[C@H](F)C3)c(F)cc2c1=O. The molecular formula is C21H21F4N3O4. The van der Waals surface area contributed by atoms with E-state index in [0.717, 1.165) is 29.7 Å². The zero-order chi connectivity index (χ0) is 22.7. The zero-order valence-electron chi connectivity index (χ0n) is 16.9. The molecule has 2 heterocycles. The second-order valence-electron chi connectivity index (χ2n) is 8.70. The van der Waals surface area contributed by atoms with Crippen molar-refractivity contribution < 1.29 is 32.2 Å². The number of carbonyl (C=O) groups is 1. The lowest BCUT2D eigenvalue weighted by molar-refractivity contribution is 0.143. The van der Waals surface area contributed by atoms with Gasteiger partial charge < -0.3 is 24.6 Å². The minimum atomic E-state index is -1.78. The molecule has 4 atom stereocenters. The van der Waals surface area contributed by atoms with Gasteiger partial charge in [-0.2, -0.15) is 0 Å². The highest BCUT2D eigenvalue weighted by molar-refractivity contribution is 5.86. The number of alkyl halides is 2. The van der Waals surface area contributed by atoms with Crippen LogP contribution in [0.4, 0.5) is 28.0 Å². The number of carboxylic acid groups (broad SMARTS) is 1.